The Kier molecular flexibility index (Phi) is 58.9. The van der Waals surface area contributed by atoms with Crippen molar-refractivity contribution in [3.63, 3.8) is 0 Å². The van der Waals surface area contributed by atoms with Crippen molar-refractivity contribution in [2.75, 3.05) is 47.5 Å². The van der Waals surface area contributed by atoms with E-state index in [1.165, 1.54) is 141 Å². The molecule has 2 unspecified atom stereocenters. The van der Waals surface area contributed by atoms with Gasteiger partial charge >= 0.3 is 17.9 Å². The third-order valence-electron chi connectivity index (χ3n) is 14.0. The van der Waals surface area contributed by atoms with E-state index in [0.717, 1.165) is 96.3 Å². The summed E-state index contributed by atoms with van der Waals surface area (Å²) < 4.78 is 22.9. The maximum atomic E-state index is 12.9. The van der Waals surface area contributed by atoms with Gasteiger partial charge in [-0.1, -0.05) is 264 Å². The first-order valence-electron chi connectivity index (χ1n) is 33.1. The Hall–Kier alpha value is -4.05. The molecule has 0 aliphatic heterocycles. The van der Waals surface area contributed by atoms with Crippen LogP contribution < -0.4 is 0 Å². The first-order chi connectivity index (χ1) is 39.6. The number of ether oxygens (including phenoxy) is 4. The number of unbranched alkanes of at least 4 members (excludes halogenated alkanes) is 27. The molecule has 9 heteroatoms. The number of allylic oxidation sites excluding steroid dienone is 18. The van der Waals surface area contributed by atoms with Crippen molar-refractivity contribution in [3.8, 4) is 0 Å². The summed E-state index contributed by atoms with van der Waals surface area (Å²) in [5, 5.41) is 9.73. The van der Waals surface area contributed by atoms with Crippen molar-refractivity contribution in [2.24, 2.45) is 0 Å². The molecule has 0 radical (unpaired) electrons. The van der Waals surface area contributed by atoms with Crippen LogP contribution in [-0.2, 0) is 33.3 Å². The number of rotatable bonds is 60. The smallest absolute Gasteiger partial charge is 0.361 e. The molecule has 0 bridgehead atoms. The fraction of sp³-hybridized carbons (Fsp3) is 0.708. The van der Waals surface area contributed by atoms with Gasteiger partial charge in [0.05, 0.1) is 34.4 Å². The zero-order valence-electron chi connectivity index (χ0n) is 52.9. The molecule has 464 valence electrons. The third kappa shape index (κ3) is 63.4. The van der Waals surface area contributed by atoms with Crippen molar-refractivity contribution in [3.05, 3.63) is 109 Å². The van der Waals surface area contributed by atoms with Crippen LogP contribution in [0.5, 0.6) is 0 Å². The summed E-state index contributed by atoms with van der Waals surface area (Å²) in [4.78, 5) is 37.6. The lowest BCUT2D eigenvalue weighted by Crippen LogP contribution is -2.40. The van der Waals surface area contributed by atoms with Gasteiger partial charge in [0.1, 0.15) is 13.2 Å². The van der Waals surface area contributed by atoms with Gasteiger partial charge in [0, 0.05) is 12.8 Å². The van der Waals surface area contributed by atoms with Crippen molar-refractivity contribution in [1.29, 1.82) is 0 Å². The van der Waals surface area contributed by atoms with Gasteiger partial charge in [-0.2, -0.15) is 0 Å². The Morgan fingerprint density at radius 1 is 0.383 bits per heavy atom. The Labute approximate surface area is 498 Å². The fourth-order valence-electron chi connectivity index (χ4n) is 8.97. The number of aliphatic carboxylic acids is 1. The Bertz CT molecular complexity index is 1700. The van der Waals surface area contributed by atoms with E-state index in [-0.39, 0.29) is 32.2 Å². The van der Waals surface area contributed by atoms with Crippen LogP contribution in [0.4, 0.5) is 0 Å². The SMILES string of the molecule is CC/C=C\C/C=C\C/C=C\C/C=C\C/C=C\C/C=C\C/C=C\CCCCCCCCCCCCCC(=O)OC(COC(=O)CCCCCCCCCCCCC/C=C\C/C=C\CCCCCCC)COC(OCC[N+](C)(C)C)C(=O)O. The molecule has 0 aliphatic rings. The highest BCUT2D eigenvalue weighted by molar-refractivity contribution is 5.71. The van der Waals surface area contributed by atoms with Crippen LogP contribution in [0.1, 0.15) is 271 Å². The van der Waals surface area contributed by atoms with Crippen LogP contribution in [0.2, 0.25) is 0 Å². The summed E-state index contributed by atoms with van der Waals surface area (Å²) >= 11 is 0. The number of quaternary nitrogens is 1. The van der Waals surface area contributed by atoms with E-state index < -0.39 is 24.3 Å². The third-order valence-corrected chi connectivity index (χ3v) is 14.0. The minimum absolute atomic E-state index is 0.182. The molecule has 0 rings (SSSR count). The standard InChI is InChI=1S/C72H123NO8/c1-6-8-10-12-14-16-18-20-22-24-26-28-30-31-32-33-34-35-36-37-38-39-41-43-45-47-49-51-53-55-57-59-61-63-70(75)81-68(67-80-72(71(76)77)78-65-64-73(3,4)5)66-79-69(74)62-60-58-56-54-52-50-48-46-44-42-40-29-27-25-23-21-19-17-15-13-11-9-7-2/h8,10,14,16,19-22,25-28,31-32,34-35,37-38,68,72H,6-7,9,11-13,15,17-18,23-24,29-30,33,36,39-67H2,1-5H3/p+1/b10-8-,16-14-,21-19-,22-20-,27-25-,28-26-,32-31-,35-34-,38-37-. The van der Waals surface area contributed by atoms with Crippen molar-refractivity contribution < 1.29 is 42.9 Å². The zero-order chi connectivity index (χ0) is 59.1. The van der Waals surface area contributed by atoms with E-state index in [1.807, 2.05) is 21.1 Å². The maximum absolute atomic E-state index is 12.9. The van der Waals surface area contributed by atoms with Crippen molar-refractivity contribution in [2.45, 2.75) is 283 Å². The molecule has 0 aromatic rings. The van der Waals surface area contributed by atoms with E-state index >= 15 is 0 Å². The van der Waals surface area contributed by atoms with Crippen LogP contribution in [-0.4, -0.2) is 87.4 Å². The molecule has 0 saturated carbocycles. The molecular weight excluding hydrogens is 1010 g/mol. The molecule has 0 aromatic heterocycles. The van der Waals surface area contributed by atoms with Crippen LogP contribution >= 0.6 is 0 Å². The molecule has 0 amide bonds. The normalized spacial score (nSPS) is 13.4. The van der Waals surface area contributed by atoms with Crippen molar-refractivity contribution in [1.82, 2.24) is 0 Å². The second kappa shape index (κ2) is 62.0. The highest BCUT2D eigenvalue weighted by atomic mass is 16.7. The predicted molar refractivity (Wildman–Crippen MR) is 345 cm³/mol. The number of carboxylic acids is 1. The van der Waals surface area contributed by atoms with Crippen LogP contribution in [0, 0.1) is 0 Å². The van der Waals surface area contributed by atoms with Gasteiger partial charge in [-0.15, -0.1) is 0 Å². The number of carbonyl (C=O) groups is 3. The average Bonchev–Trinajstić information content (AvgIpc) is 3.44. The fourth-order valence-corrected chi connectivity index (χ4v) is 8.97. The number of nitrogens with zero attached hydrogens (tertiary/aromatic N) is 1. The number of hydrogen-bond acceptors (Lipinski definition) is 7. The molecule has 0 fully saturated rings. The molecular formula is C72H124NO8+. The summed E-state index contributed by atoms with van der Waals surface area (Å²) in [6.45, 7) is 4.76. The van der Waals surface area contributed by atoms with Gasteiger partial charge < -0.3 is 28.5 Å². The lowest BCUT2D eigenvalue weighted by molar-refractivity contribution is -0.870. The molecule has 9 nitrogen and oxygen atoms in total. The first-order valence-corrected chi connectivity index (χ1v) is 33.1. The van der Waals surface area contributed by atoms with Gasteiger partial charge in [0.2, 0.25) is 0 Å². The van der Waals surface area contributed by atoms with E-state index in [0.29, 0.717) is 23.9 Å². The zero-order valence-corrected chi connectivity index (χ0v) is 52.9. The Balaban J connectivity index is 4.19. The van der Waals surface area contributed by atoms with Crippen LogP contribution in [0.25, 0.3) is 0 Å². The first kappa shape index (κ1) is 77.0. The van der Waals surface area contributed by atoms with E-state index in [4.69, 9.17) is 18.9 Å². The Morgan fingerprint density at radius 3 is 1.05 bits per heavy atom. The summed E-state index contributed by atoms with van der Waals surface area (Å²) in [6, 6.07) is 0. The van der Waals surface area contributed by atoms with Crippen molar-refractivity contribution >= 4 is 17.9 Å². The van der Waals surface area contributed by atoms with E-state index in [1.54, 1.807) is 0 Å². The molecule has 0 aromatic carbocycles. The van der Waals surface area contributed by atoms with E-state index in [9.17, 15) is 19.5 Å². The second-order valence-electron chi connectivity index (χ2n) is 23.0. The molecule has 0 aliphatic carbocycles. The molecule has 0 heterocycles. The molecule has 2 atom stereocenters. The summed E-state index contributed by atoms with van der Waals surface area (Å²) in [5.41, 5.74) is 0. The molecule has 0 spiro atoms. The molecule has 0 saturated heterocycles. The quantitative estimate of drug-likeness (QED) is 0.0211. The number of carbonyl (C=O) groups excluding carboxylic acids is 2. The van der Waals surface area contributed by atoms with Gasteiger partial charge in [-0.3, -0.25) is 9.59 Å². The van der Waals surface area contributed by atoms with Crippen LogP contribution in [0.3, 0.4) is 0 Å². The van der Waals surface area contributed by atoms with Crippen LogP contribution in [0.15, 0.2) is 109 Å². The van der Waals surface area contributed by atoms with Gasteiger partial charge in [0.15, 0.2) is 6.10 Å². The number of carboxylic acid groups (broad SMARTS) is 1. The lowest BCUT2D eigenvalue weighted by Gasteiger charge is -2.25. The summed E-state index contributed by atoms with van der Waals surface area (Å²) in [6.07, 6.45) is 83.2. The largest absolute Gasteiger partial charge is 0.477 e. The minimum atomic E-state index is -1.52. The summed E-state index contributed by atoms with van der Waals surface area (Å²) in [7, 11) is 5.97. The number of esters is 2. The monoisotopic (exact) mass is 1130 g/mol. The predicted octanol–water partition coefficient (Wildman–Crippen LogP) is 20.2. The summed E-state index contributed by atoms with van der Waals surface area (Å²) in [5.74, 6) is -2.01. The molecule has 1 N–H and O–H groups in total. The van der Waals surface area contributed by atoms with Gasteiger partial charge in [0.25, 0.3) is 6.29 Å². The minimum Gasteiger partial charge on any atom is -0.477 e. The highest BCUT2D eigenvalue weighted by Gasteiger charge is 2.25. The highest BCUT2D eigenvalue weighted by Crippen LogP contribution is 2.16. The Morgan fingerprint density at radius 2 is 0.704 bits per heavy atom. The number of likely N-dealkylation sites (N-methyl/N-ethyl adjacent to an activating group) is 1. The molecule has 81 heavy (non-hydrogen) atoms. The average molecular weight is 1130 g/mol. The van der Waals surface area contributed by atoms with Gasteiger partial charge in [-0.05, 0) is 103 Å². The lowest BCUT2D eigenvalue weighted by atomic mass is 10.0. The second-order valence-corrected chi connectivity index (χ2v) is 23.0. The topological polar surface area (TPSA) is 108 Å². The maximum Gasteiger partial charge on any atom is 0.361 e. The van der Waals surface area contributed by atoms with E-state index in [2.05, 4.69) is 123 Å². The number of hydrogen-bond donors (Lipinski definition) is 1. The van der Waals surface area contributed by atoms with Gasteiger partial charge in [-0.25, -0.2) is 4.79 Å².